The molecule has 1 aromatic carbocycles. The Morgan fingerprint density at radius 2 is 1.86 bits per heavy atom. The minimum atomic E-state index is -0.816. The minimum absolute atomic E-state index is 0.0321. The van der Waals surface area contributed by atoms with Crippen LogP contribution < -0.4 is 15.5 Å². The summed E-state index contributed by atoms with van der Waals surface area (Å²) in [5.41, 5.74) is 1.77. The molecule has 0 radical (unpaired) electrons. The van der Waals surface area contributed by atoms with Crippen LogP contribution in [0.2, 0.25) is 0 Å². The van der Waals surface area contributed by atoms with Crippen LogP contribution in [-0.4, -0.2) is 48.1 Å². The Hall–Kier alpha value is -3.09. The molecule has 6 atom stereocenters. The molecular weight excluding hydrogens is 464 g/mol. The lowest BCUT2D eigenvalue weighted by molar-refractivity contribution is -0.150. The monoisotopic (exact) mass is 506 g/mol. The number of aliphatic carboxylic acids is 1. The van der Waals surface area contributed by atoms with Crippen LogP contribution >= 0.6 is 0 Å². The number of carbonyl (C=O) groups is 2. The van der Waals surface area contributed by atoms with E-state index in [2.05, 4.69) is 65.6 Å². The zero-order valence-corrected chi connectivity index (χ0v) is 22.6. The van der Waals surface area contributed by atoms with Gasteiger partial charge in [-0.1, -0.05) is 45.9 Å². The van der Waals surface area contributed by atoms with Gasteiger partial charge in [-0.25, -0.2) is 4.98 Å². The van der Waals surface area contributed by atoms with Gasteiger partial charge in [-0.05, 0) is 72.8 Å². The van der Waals surface area contributed by atoms with Gasteiger partial charge in [-0.15, -0.1) is 0 Å². The number of pyridine rings is 1. The predicted molar refractivity (Wildman–Crippen MR) is 148 cm³/mol. The highest BCUT2D eigenvalue weighted by molar-refractivity contribution is 5.71. The maximum Gasteiger partial charge on any atom is 0.306 e. The van der Waals surface area contributed by atoms with E-state index in [0.29, 0.717) is 11.8 Å². The second-order valence-corrected chi connectivity index (χ2v) is 11.5. The number of rotatable bonds is 9. The van der Waals surface area contributed by atoms with Crippen molar-refractivity contribution in [1.29, 1.82) is 0 Å². The van der Waals surface area contributed by atoms with Crippen molar-refractivity contribution in [2.24, 2.45) is 29.1 Å². The topological polar surface area (TPSA) is 94.6 Å². The number of piperidine rings is 1. The lowest BCUT2D eigenvalue weighted by Gasteiger charge is -2.55. The van der Waals surface area contributed by atoms with E-state index in [9.17, 15) is 14.7 Å². The van der Waals surface area contributed by atoms with Crippen molar-refractivity contribution in [2.45, 2.75) is 58.9 Å². The number of hydrogen-bond acceptors (Lipinski definition) is 5. The van der Waals surface area contributed by atoms with Crippen LogP contribution in [0, 0.1) is 29.1 Å². The molecule has 1 aliphatic carbocycles. The highest BCUT2D eigenvalue weighted by atomic mass is 16.4. The summed E-state index contributed by atoms with van der Waals surface area (Å²) in [7, 11) is 0. The van der Waals surface area contributed by atoms with Gasteiger partial charge in [0.2, 0.25) is 6.41 Å². The van der Waals surface area contributed by atoms with Crippen molar-refractivity contribution in [2.75, 3.05) is 29.9 Å². The smallest absolute Gasteiger partial charge is 0.306 e. The summed E-state index contributed by atoms with van der Waals surface area (Å²) < 4.78 is 0. The fraction of sp³-hybridized carbons (Fsp3) is 0.567. The Bertz CT molecular complexity index is 1040. The van der Waals surface area contributed by atoms with Crippen LogP contribution in [-0.2, 0) is 9.59 Å². The van der Waals surface area contributed by atoms with Crippen LogP contribution in [0.4, 0.5) is 11.5 Å². The van der Waals surface area contributed by atoms with E-state index < -0.39 is 17.3 Å². The van der Waals surface area contributed by atoms with Crippen LogP contribution in [0.25, 0.3) is 0 Å². The second-order valence-electron chi connectivity index (χ2n) is 11.5. The molecule has 7 nitrogen and oxygen atoms in total. The third-order valence-corrected chi connectivity index (χ3v) is 9.24. The third-order valence-electron chi connectivity index (χ3n) is 9.24. The van der Waals surface area contributed by atoms with Gasteiger partial charge in [0.05, 0.1) is 5.92 Å². The first-order valence-electron chi connectivity index (χ1n) is 13.7. The molecule has 3 N–H and O–H groups in total. The number of benzene rings is 1. The number of nitrogens with zero attached hydrogens (tertiary/aromatic N) is 2. The first-order chi connectivity index (χ1) is 17.8. The van der Waals surface area contributed by atoms with Crippen molar-refractivity contribution >= 4 is 23.9 Å². The molecule has 37 heavy (non-hydrogen) atoms. The molecule has 200 valence electrons. The van der Waals surface area contributed by atoms with Gasteiger partial charge in [-0.2, -0.15) is 0 Å². The SMILES string of the molecule is CC1CC(C)C(c2ccc(N3CCC(CNc4ccccn4)CC3)cc2)C(C)(C(C)C(=O)O)C1NC=O. The number of aromatic nitrogens is 1. The van der Waals surface area contributed by atoms with Gasteiger partial charge in [0, 0.05) is 43.0 Å². The van der Waals surface area contributed by atoms with Crippen molar-refractivity contribution < 1.29 is 14.7 Å². The molecule has 6 unspecified atom stereocenters. The normalized spacial score (nSPS) is 29.4. The largest absolute Gasteiger partial charge is 0.481 e. The predicted octanol–water partition coefficient (Wildman–Crippen LogP) is 5.01. The molecule has 2 aromatic rings. The Balaban J connectivity index is 1.46. The summed E-state index contributed by atoms with van der Waals surface area (Å²) in [5, 5.41) is 16.5. The Kier molecular flexibility index (Phi) is 8.40. The van der Waals surface area contributed by atoms with E-state index in [0.717, 1.165) is 56.7 Å². The van der Waals surface area contributed by atoms with E-state index in [4.69, 9.17) is 0 Å². The zero-order valence-electron chi connectivity index (χ0n) is 22.6. The first-order valence-corrected chi connectivity index (χ1v) is 13.7. The maximum atomic E-state index is 12.2. The fourth-order valence-corrected chi connectivity index (χ4v) is 7.19. The molecular formula is C30H42N4O3. The van der Waals surface area contributed by atoms with Crippen LogP contribution in [0.15, 0.2) is 48.7 Å². The highest BCUT2D eigenvalue weighted by Gasteiger charge is 2.55. The first kappa shape index (κ1) is 27.0. The molecule has 2 heterocycles. The standard InChI is InChI=1S/C30H42N4O3/c1-20-17-21(2)28(33-19-35)30(4,22(3)29(36)37)27(20)24-8-10-25(11-9-24)34-15-12-23(13-16-34)18-32-26-7-5-6-14-31-26/h5-11,14,19-23,27-28H,12-13,15-18H2,1-4H3,(H,31,32)(H,33,35)(H,36,37). The van der Waals surface area contributed by atoms with Gasteiger partial charge in [0.25, 0.3) is 0 Å². The zero-order chi connectivity index (χ0) is 26.6. The molecule has 1 saturated heterocycles. The number of carboxylic acids is 1. The molecule has 1 saturated carbocycles. The van der Waals surface area contributed by atoms with E-state index in [1.54, 1.807) is 6.92 Å². The van der Waals surface area contributed by atoms with Crippen molar-refractivity contribution in [1.82, 2.24) is 10.3 Å². The highest BCUT2D eigenvalue weighted by Crippen LogP contribution is 2.56. The number of nitrogens with one attached hydrogen (secondary N) is 2. The van der Waals surface area contributed by atoms with Gasteiger partial charge in [-0.3, -0.25) is 9.59 Å². The average molecular weight is 507 g/mol. The molecule has 2 fully saturated rings. The van der Waals surface area contributed by atoms with Gasteiger partial charge in [0.15, 0.2) is 0 Å². The summed E-state index contributed by atoms with van der Waals surface area (Å²) in [5.74, 6) is 0.687. The van der Waals surface area contributed by atoms with Gasteiger partial charge >= 0.3 is 5.97 Å². The van der Waals surface area contributed by atoms with Crippen molar-refractivity contribution in [3.8, 4) is 0 Å². The Labute approximate surface area is 221 Å². The second kappa shape index (κ2) is 11.5. The molecule has 0 bridgehead atoms. The lowest BCUT2D eigenvalue weighted by atomic mass is 9.51. The molecule has 1 aromatic heterocycles. The molecule has 4 rings (SSSR count). The lowest BCUT2D eigenvalue weighted by Crippen LogP contribution is -2.59. The number of anilines is 2. The summed E-state index contributed by atoms with van der Waals surface area (Å²) >= 11 is 0. The maximum absolute atomic E-state index is 12.2. The van der Waals surface area contributed by atoms with Crippen LogP contribution in [0.3, 0.4) is 0 Å². The van der Waals surface area contributed by atoms with Gasteiger partial charge < -0.3 is 20.6 Å². The van der Waals surface area contributed by atoms with E-state index in [1.807, 2.05) is 24.4 Å². The van der Waals surface area contributed by atoms with Crippen molar-refractivity contribution in [3.05, 3.63) is 54.2 Å². The number of hydrogen-bond donors (Lipinski definition) is 3. The Morgan fingerprint density at radius 3 is 2.46 bits per heavy atom. The Morgan fingerprint density at radius 1 is 1.16 bits per heavy atom. The summed E-state index contributed by atoms with van der Waals surface area (Å²) in [4.78, 5) is 30.5. The van der Waals surface area contributed by atoms with Crippen LogP contribution in [0.5, 0.6) is 0 Å². The minimum Gasteiger partial charge on any atom is -0.481 e. The van der Waals surface area contributed by atoms with Crippen LogP contribution in [0.1, 0.15) is 58.4 Å². The molecule has 0 spiro atoms. The van der Waals surface area contributed by atoms with E-state index in [1.165, 1.54) is 5.69 Å². The van der Waals surface area contributed by atoms with E-state index in [-0.39, 0.29) is 17.9 Å². The molecule has 1 aliphatic heterocycles. The molecule has 7 heteroatoms. The number of carbonyl (C=O) groups excluding carboxylic acids is 1. The van der Waals surface area contributed by atoms with Crippen molar-refractivity contribution in [3.63, 3.8) is 0 Å². The quantitative estimate of drug-likeness (QED) is 0.414. The molecule has 2 aliphatic rings. The third kappa shape index (κ3) is 5.60. The summed E-state index contributed by atoms with van der Waals surface area (Å²) in [6.07, 6.45) is 5.76. The number of carboxylic acid groups (broad SMARTS) is 1. The summed E-state index contributed by atoms with van der Waals surface area (Å²) in [6.45, 7) is 11.2. The van der Waals surface area contributed by atoms with E-state index >= 15 is 0 Å². The average Bonchev–Trinajstić information content (AvgIpc) is 2.90. The number of amides is 1. The fourth-order valence-electron chi connectivity index (χ4n) is 7.19. The summed E-state index contributed by atoms with van der Waals surface area (Å²) in [6, 6.07) is 14.5. The van der Waals surface area contributed by atoms with Gasteiger partial charge in [0.1, 0.15) is 5.82 Å². The molecule has 1 amide bonds.